The molecular weight excluding hydrogens is 220 g/mol. The van der Waals surface area contributed by atoms with Crippen LogP contribution in [0.15, 0.2) is 24.3 Å². The Labute approximate surface area is 111 Å². The van der Waals surface area contributed by atoms with Crippen molar-refractivity contribution in [3.05, 3.63) is 35.4 Å². The van der Waals surface area contributed by atoms with Crippen LogP contribution in [-0.4, -0.2) is 43.0 Å². The van der Waals surface area contributed by atoms with Gasteiger partial charge in [0.2, 0.25) is 0 Å². The Morgan fingerprint density at radius 2 is 1.78 bits per heavy atom. The van der Waals surface area contributed by atoms with Gasteiger partial charge >= 0.3 is 0 Å². The largest absolute Gasteiger partial charge is 0.306 e. The van der Waals surface area contributed by atoms with Crippen molar-refractivity contribution in [1.82, 2.24) is 9.80 Å². The smallest absolute Gasteiger partial charge is 0.0236 e. The van der Waals surface area contributed by atoms with Gasteiger partial charge in [0.1, 0.15) is 0 Å². The summed E-state index contributed by atoms with van der Waals surface area (Å²) in [6, 6.07) is 8.95. The normalized spacial score (nSPS) is 22.9. The number of piperidine rings is 1. The maximum absolute atomic E-state index is 2.66. The summed E-state index contributed by atoms with van der Waals surface area (Å²) in [6.07, 6.45) is 4.01. The first-order valence-corrected chi connectivity index (χ1v) is 7.29. The van der Waals surface area contributed by atoms with Crippen LogP contribution >= 0.6 is 0 Å². The lowest BCUT2D eigenvalue weighted by Gasteiger charge is -2.35. The van der Waals surface area contributed by atoms with Gasteiger partial charge in [-0.05, 0) is 56.4 Å². The van der Waals surface area contributed by atoms with Crippen LogP contribution in [0.25, 0.3) is 0 Å². The first-order valence-electron chi connectivity index (χ1n) is 7.29. The van der Waals surface area contributed by atoms with Crippen molar-refractivity contribution in [2.24, 2.45) is 5.92 Å². The molecule has 98 valence electrons. The quantitative estimate of drug-likeness (QED) is 0.788. The van der Waals surface area contributed by atoms with E-state index in [1.165, 1.54) is 52.0 Å². The minimum atomic E-state index is 0.923. The minimum Gasteiger partial charge on any atom is -0.306 e. The topological polar surface area (TPSA) is 6.48 Å². The standard InChI is InChI=1S/C16H24N2/c1-17-9-6-14(7-10-17)12-18-11-8-15-4-2-3-5-16(15)13-18/h2-5,14H,6-13H2,1H3. The monoisotopic (exact) mass is 244 g/mol. The third-order valence-corrected chi connectivity index (χ3v) is 4.56. The summed E-state index contributed by atoms with van der Waals surface area (Å²) >= 11 is 0. The summed E-state index contributed by atoms with van der Waals surface area (Å²) in [5.41, 5.74) is 3.12. The van der Waals surface area contributed by atoms with Crippen LogP contribution < -0.4 is 0 Å². The van der Waals surface area contributed by atoms with E-state index >= 15 is 0 Å². The maximum atomic E-state index is 2.66. The predicted octanol–water partition coefficient (Wildman–Crippen LogP) is 2.39. The second-order valence-electron chi connectivity index (χ2n) is 6.00. The molecule has 0 unspecified atom stereocenters. The molecule has 0 atom stereocenters. The van der Waals surface area contributed by atoms with Gasteiger partial charge in [-0.25, -0.2) is 0 Å². The highest BCUT2D eigenvalue weighted by Crippen LogP contribution is 2.22. The van der Waals surface area contributed by atoms with E-state index in [-0.39, 0.29) is 0 Å². The van der Waals surface area contributed by atoms with Crippen LogP contribution in [0, 0.1) is 5.92 Å². The van der Waals surface area contributed by atoms with Gasteiger partial charge in [-0.3, -0.25) is 4.90 Å². The molecule has 0 spiro atoms. The summed E-state index contributed by atoms with van der Waals surface area (Å²) in [5, 5.41) is 0. The van der Waals surface area contributed by atoms with Gasteiger partial charge in [-0.2, -0.15) is 0 Å². The zero-order valence-electron chi connectivity index (χ0n) is 11.4. The van der Waals surface area contributed by atoms with E-state index in [0.29, 0.717) is 0 Å². The average Bonchev–Trinajstić information content (AvgIpc) is 2.41. The zero-order chi connectivity index (χ0) is 12.4. The molecule has 1 aromatic carbocycles. The highest BCUT2D eigenvalue weighted by Gasteiger charge is 2.22. The second-order valence-corrected chi connectivity index (χ2v) is 6.00. The van der Waals surface area contributed by atoms with Gasteiger partial charge in [0.15, 0.2) is 0 Å². The number of fused-ring (bicyclic) bond motifs is 1. The van der Waals surface area contributed by atoms with Crippen molar-refractivity contribution in [1.29, 1.82) is 0 Å². The molecule has 0 saturated carbocycles. The molecule has 1 fully saturated rings. The Kier molecular flexibility index (Phi) is 3.67. The molecule has 2 aliphatic rings. The van der Waals surface area contributed by atoms with E-state index in [1.807, 2.05) is 0 Å². The van der Waals surface area contributed by atoms with E-state index in [2.05, 4.69) is 41.1 Å². The van der Waals surface area contributed by atoms with E-state index in [1.54, 1.807) is 11.1 Å². The third-order valence-electron chi connectivity index (χ3n) is 4.56. The highest BCUT2D eigenvalue weighted by molar-refractivity contribution is 5.29. The van der Waals surface area contributed by atoms with Gasteiger partial charge in [0, 0.05) is 19.6 Å². The van der Waals surface area contributed by atoms with Gasteiger partial charge in [-0.1, -0.05) is 24.3 Å². The number of hydrogen-bond acceptors (Lipinski definition) is 2. The van der Waals surface area contributed by atoms with Gasteiger partial charge in [-0.15, -0.1) is 0 Å². The van der Waals surface area contributed by atoms with Crippen LogP contribution in [-0.2, 0) is 13.0 Å². The molecule has 0 aromatic heterocycles. The first-order chi connectivity index (χ1) is 8.81. The molecule has 0 amide bonds. The van der Waals surface area contributed by atoms with Gasteiger partial charge in [0.25, 0.3) is 0 Å². The number of benzene rings is 1. The molecule has 0 radical (unpaired) electrons. The fourth-order valence-electron chi connectivity index (χ4n) is 3.32. The van der Waals surface area contributed by atoms with E-state index in [4.69, 9.17) is 0 Å². The fourth-order valence-corrected chi connectivity index (χ4v) is 3.32. The minimum absolute atomic E-state index is 0.923. The fraction of sp³-hybridized carbons (Fsp3) is 0.625. The molecule has 3 rings (SSSR count). The number of rotatable bonds is 2. The summed E-state index contributed by atoms with van der Waals surface area (Å²) in [5.74, 6) is 0.923. The van der Waals surface area contributed by atoms with E-state index in [0.717, 1.165) is 5.92 Å². The predicted molar refractivity (Wildman–Crippen MR) is 75.6 cm³/mol. The van der Waals surface area contributed by atoms with Crippen molar-refractivity contribution in [2.45, 2.75) is 25.8 Å². The van der Waals surface area contributed by atoms with Crippen molar-refractivity contribution in [3.8, 4) is 0 Å². The molecule has 0 N–H and O–H groups in total. The summed E-state index contributed by atoms with van der Waals surface area (Å²) < 4.78 is 0. The Morgan fingerprint density at radius 1 is 1.06 bits per heavy atom. The highest BCUT2D eigenvalue weighted by atomic mass is 15.1. The number of nitrogens with zero attached hydrogens (tertiary/aromatic N) is 2. The third kappa shape index (κ3) is 2.76. The molecule has 2 nitrogen and oxygen atoms in total. The summed E-state index contributed by atoms with van der Waals surface area (Å²) in [6.45, 7) is 6.30. The summed E-state index contributed by atoms with van der Waals surface area (Å²) in [7, 11) is 2.24. The van der Waals surface area contributed by atoms with E-state index in [9.17, 15) is 0 Å². The lowest BCUT2D eigenvalue weighted by atomic mass is 9.94. The molecule has 2 heterocycles. The van der Waals surface area contributed by atoms with Gasteiger partial charge in [0.05, 0.1) is 0 Å². The molecule has 0 bridgehead atoms. The second kappa shape index (κ2) is 5.41. The molecule has 0 aliphatic carbocycles. The molecule has 2 aliphatic heterocycles. The Hall–Kier alpha value is -0.860. The lowest BCUT2D eigenvalue weighted by molar-refractivity contribution is 0.152. The molecule has 18 heavy (non-hydrogen) atoms. The maximum Gasteiger partial charge on any atom is 0.0236 e. The summed E-state index contributed by atoms with van der Waals surface area (Å²) in [4.78, 5) is 5.13. The first kappa shape index (κ1) is 12.2. The molecule has 2 heteroatoms. The van der Waals surface area contributed by atoms with Crippen molar-refractivity contribution >= 4 is 0 Å². The Morgan fingerprint density at radius 3 is 2.56 bits per heavy atom. The average molecular weight is 244 g/mol. The number of likely N-dealkylation sites (tertiary alicyclic amines) is 1. The zero-order valence-corrected chi connectivity index (χ0v) is 11.4. The van der Waals surface area contributed by atoms with Crippen LogP contribution in [0.5, 0.6) is 0 Å². The Bertz CT molecular complexity index is 394. The Balaban J connectivity index is 1.56. The molecule has 1 aromatic rings. The SMILES string of the molecule is CN1CCC(CN2CCc3ccccc3C2)CC1. The van der Waals surface area contributed by atoms with Crippen LogP contribution in [0.3, 0.4) is 0 Å². The van der Waals surface area contributed by atoms with Crippen molar-refractivity contribution < 1.29 is 0 Å². The van der Waals surface area contributed by atoms with Gasteiger partial charge < -0.3 is 4.90 Å². The van der Waals surface area contributed by atoms with Crippen LogP contribution in [0.2, 0.25) is 0 Å². The molecular formula is C16H24N2. The van der Waals surface area contributed by atoms with Crippen molar-refractivity contribution in [2.75, 3.05) is 33.2 Å². The molecule has 1 saturated heterocycles. The number of hydrogen-bond donors (Lipinski definition) is 0. The van der Waals surface area contributed by atoms with E-state index < -0.39 is 0 Å². The van der Waals surface area contributed by atoms with Crippen LogP contribution in [0.4, 0.5) is 0 Å². The van der Waals surface area contributed by atoms with Crippen LogP contribution in [0.1, 0.15) is 24.0 Å². The lowest BCUT2D eigenvalue weighted by Crippen LogP contribution is -2.39. The van der Waals surface area contributed by atoms with Crippen molar-refractivity contribution in [3.63, 3.8) is 0 Å².